The number of terminal acetylenes is 1. The van der Waals surface area contributed by atoms with Crippen LogP contribution in [0.25, 0.3) is 5.69 Å². The van der Waals surface area contributed by atoms with Gasteiger partial charge < -0.3 is 10.1 Å². The number of carbonyl (C=O) groups excluding carboxylic acids is 1. The molecular formula is C27H33N5O4S. The molecule has 0 aliphatic heterocycles. The summed E-state index contributed by atoms with van der Waals surface area (Å²) < 4.78 is 33.7. The summed E-state index contributed by atoms with van der Waals surface area (Å²) in [5.41, 5.74) is -1.53. The zero-order valence-corrected chi connectivity index (χ0v) is 21.9. The van der Waals surface area contributed by atoms with Gasteiger partial charge in [-0.1, -0.05) is 61.6 Å². The average molecular weight is 524 g/mol. The average Bonchev–Trinajstić information content (AvgIpc) is 3.44. The molecule has 1 fully saturated rings. The minimum atomic E-state index is -3.70. The van der Waals surface area contributed by atoms with E-state index in [1.165, 1.54) is 13.3 Å². The maximum absolute atomic E-state index is 13.2. The van der Waals surface area contributed by atoms with Crippen molar-refractivity contribution in [3.8, 4) is 23.8 Å². The van der Waals surface area contributed by atoms with Gasteiger partial charge in [0, 0.05) is 0 Å². The van der Waals surface area contributed by atoms with Crippen molar-refractivity contribution in [1.29, 1.82) is 0 Å². The van der Waals surface area contributed by atoms with E-state index < -0.39 is 27.0 Å². The van der Waals surface area contributed by atoms with Crippen LogP contribution < -0.4 is 14.8 Å². The third-order valence-electron chi connectivity index (χ3n) is 5.96. The fraction of sp³-hybridized carbons (Fsp3) is 0.370. The lowest BCUT2D eigenvalue weighted by Crippen LogP contribution is -2.64. The first-order valence-electron chi connectivity index (χ1n) is 12.0. The van der Waals surface area contributed by atoms with E-state index in [0.717, 1.165) is 31.2 Å². The molecule has 10 heteroatoms. The van der Waals surface area contributed by atoms with Crippen molar-refractivity contribution in [1.82, 2.24) is 24.8 Å². The first kappa shape index (κ1) is 27.9. The molecule has 3 aromatic rings. The molecule has 196 valence electrons. The second-order valence-corrected chi connectivity index (χ2v) is 11.0. The van der Waals surface area contributed by atoms with Gasteiger partial charge >= 0.3 is 0 Å². The summed E-state index contributed by atoms with van der Waals surface area (Å²) in [6, 6.07) is 19.0. The van der Waals surface area contributed by atoms with Gasteiger partial charge in [-0.15, -0.1) is 6.42 Å². The van der Waals surface area contributed by atoms with Crippen molar-refractivity contribution in [2.24, 2.45) is 0 Å². The number of nitrogens with zero attached hydrogens (tertiary/aromatic N) is 3. The first-order chi connectivity index (χ1) is 17.6. The Morgan fingerprint density at radius 1 is 1.11 bits per heavy atom. The number of carbonyl (C=O) groups is 1. The smallest absolute Gasteiger partial charge is 0.245 e. The van der Waals surface area contributed by atoms with E-state index in [1.54, 1.807) is 35.3 Å². The largest absolute Gasteiger partial charge is 0.491 e. The summed E-state index contributed by atoms with van der Waals surface area (Å²) in [7, 11) is -3.70. The molecule has 1 saturated carbocycles. The van der Waals surface area contributed by atoms with Crippen LogP contribution in [0.3, 0.4) is 0 Å². The summed E-state index contributed by atoms with van der Waals surface area (Å²) in [6.45, 7) is 1.27. The van der Waals surface area contributed by atoms with Gasteiger partial charge in [-0.2, -0.15) is 9.82 Å². The molecule has 2 N–H and O–H groups in total. The molecule has 1 atom stereocenters. The molecule has 1 aromatic heterocycles. The summed E-state index contributed by atoms with van der Waals surface area (Å²) in [6.07, 6.45) is 13.9. The molecule has 2 aromatic carbocycles. The molecule has 1 heterocycles. The van der Waals surface area contributed by atoms with Crippen LogP contribution >= 0.6 is 0 Å². The van der Waals surface area contributed by atoms with E-state index in [0.29, 0.717) is 18.6 Å². The standard InChI is InChI=1S/C21H27N5O4S.C6H6/c1-4-21(12-6-5-7-13-21)24-19(27)20(2,25-31(3,28)29)14-30-18-10-8-17(9-11-18)26-16-22-15-23-26;1-2-4-6-5-3-1/h1,8-11,15-16,25H,5-7,12-14H2,2-3H3,(H,24,27);1-6H. The maximum Gasteiger partial charge on any atom is 0.245 e. The Morgan fingerprint density at radius 3 is 2.19 bits per heavy atom. The predicted molar refractivity (Wildman–Crippen MR) is 142 cm³/mol. The SMILES string of the molecule is C#CC1(NC(=O)C(C)(COc2ccc(-n3cncn3)cc2)NS(C)(=O)=O)CCCCC1.c1ccccc1. The number of hydrogen-bond donors (Lipinski definition) is 2. The van der Waals surface area contributed by atoms with Crippen molar-refractivity contribution in [2.75, 3.05) is 12.9 Å². The Labute approximate surface area is 218 Å². The molecule has 0 bridgehead atoms. The lowest BCUT2D eigenvalue weighted by molar-refractivity contribution is -0.129. The van der Waals surface area contributed by atoms with Gasteiger partial charge in [0.05, 0.1) is 11.9 Å². The van der Waals surface area contributed by atoms with Crippen molar-refractivity contribution < 1.29 is 17.9 Å². The fourth-order valence-corrected chi connectivity index (χ4v) is 4.99. The molecule has 4 rings (SSSR count). The van der Waals surface area contributed by atoms with E-state index in [1.807, 2.05) is 36.4 Å². The van der Waals surface area contributed by atoms with Crippen LogP contribution in [-0.4, -0.2) is 53.0 Å². The van der Waals surface area contributed by atoms with Crippen LogP contribution in [0.15, 0.2) is 73.3 Å². The quantitative estimate of drug-likeness (QED) is 0.439. The zero-order chi connectivity index (χ0) is 26.8. The fourth-order valence-electron chi connectivity index (χ4n) is 4.02. The van der Waals surface area contributed by atoms with Crippen molar-refractivity contribution in [2.45, 2.75) is 50.1 Å². The van der Waals surface area contributed by atoms with Gasteiger partial charge in [0.25, 0.3) is 0 Å². The molecular weight excluding hydrogens is 490 g/mol. The Balaban J connectivity index is 0.000000555. The van der Waals surface area contributed by atoms with Gasteiger partial charge in [-0.3, -0.25) is 4.79 Å². The van der Waals surface area contributed by atoms with Crippen LogP contribution in [0.4, 0.5) is 0 Å². The predicted octanol–water partition coefficient (Wildman–Crippen LogP) is 3.09. The van der Waals surface area contributed by atoms with E-state index in [-0.39, 0.29) is 6.61 Å². The third kappa shape index (κ3) is 8.44. The number of ether oxygens (including phenoxy) is 1. The minimum absolute atomic E-state index is 0.213. The molecule has 0 saturated heterocycles. The number of aromatic nitrogens is 3. The molecule has 0 radical (unpaired) electrons. The van der Waals surface area contributed by atoms with Crippen molar-refractivity contribution in [3.63, 3.8) is 0 Å². The second-order valence-electron chi connectivity index (χ2n) is 9.22. The highest BCUT2D eigenvalue weighted by Crippen LogP contribution is 2.28. The Hall–Kier alpha value is -3.68. The summed E-state index contributed by atoms with van der Waals surface area (Å²) in [4.78, 5) is 17.1. The number of amides is 1. The van der Waals surface area contributed by atoms with Crippen LogP contribution in [0, 0.1) is 12.3 Å². The molecule has 1 aliphatic carbocycles. The molecule has 1 unspecified atom stereocenters. The Kier molecular flexibility index (Phi) is 9.44. The zero-order valence-electron chi connectivity index (χ0n) is 21.1. The summed E-state index contributed by atoms with van der Waals surface area (Å²) in [5, 5.41) is 6.96. The summed E-state index contributed by atoms with van der Waals surface area (Å²) in [5.74, 6) is 2.67. The van der Waals surface area contributed by atoms with Crippen LogP contribution in [0.5, 0.6) is 5.75 Å². The maximum atomic E-state index is 13.2. The second kappa shape index (κ2) is 12.5. The number of hydrogen-bond acceptors (Lipinski definition) is 6. The topological polar surface area (TPSA) is 115 Å². The van der Waals surface area contributed by atoms with E-state index in [4.69, 9.17) is 11.2 Å². The normalized spacial score (nSPS) is 16.2. The number of benzene rings is 2. The van der Waals surface area contributed by atoms with Crippen molar-refractivity contribution >= 4 is 15.9 Å². The van der Waals surface area contributed by atoms with Gasteiger partial charge in [-0.05, 0) is 44.0 Å². The molecule has 37 heavy (non-hydrogen) atoms. The van der Waals surface area contributed by atoms with Crippen molar-refractivity contribution in [3.05, 3.63) is 73.3 Å². The third-order valence-corrected chi connectivity index (χ3v) is 6.78. The molecule has 9 nitrogen and oxygen atoms in total. The molecule has 1 amide bonds. The monoisotopic (exact) mass is 523 g/mol. The molecule has 1 aliphatic rings. The molecule has 0 spiro atoms. The minimum Gasteiger partial charge on any atom is -0.491 e. The van der Waals surface area contributed by atoms with Gasteiger partial charge in [0.15, 0.2) is 0 Å². The number of rotatable bonds is 8. The van der Waals surface area contributed by atoms with Crippen LogP contribution in [-0.2, 0) is 14.8 Å². The van der Waals surface area contributed by atoms with Gasteiger partial charge in [-0.25, -0.2) is 18.1 Å². The highest BCUT2D eigenvalue weighted by Gasteiger charge is 2.42. The Morgan fingerprint density at radius 2 is 1.70 bits per heavy atom. The number of sulfonamides is 1. The van der Waals surface area contributed by atoms with E-state index in [2.05, 4.69) is 26.0 Å². The lowest BCUT2D eigenvalue weighted by Gasteiger charge is -2.37. The summed E-state index contributed by atoms with van der Waals surface area (Å²) >= 11 is 0. The highest BCUT2D eigenvalue weighted by atomic mass is 32.2. The first-order valence-corrected chi connectivity index (χ1v) is 13.9. The van der Waals surface area contributed by atoms with Gasteiger partial charge in [0.1, 0.15) is 36.1 Å². The van der Waals surface area contributed by atoms with Crippen LogP contribution in [0.1, 0.15) is 39.0 Å². The lowest BCUT2D eigenvalue weighted by atomic mass is 9.81. The van der Waals surface area contributed by atoms with Crippen LogP contribution in [0.2, 0.25) is 0 Å². The van der Waals surface area contributed by atoms with E-state index in [9.17, 15) is 13.2 Å². The Bertz CT molecular complexity index is 1240. The van der Waals surface area contributed by atoms with E-state index >= 15 is 0 Å². The number of nitrogens with one attached hydrogen (secondary N) is 2. The highest BCUT2D eigenvalue weighted by molar-refractivity contribution is 7.88. The van der Waals surface area contributed by atoms with Gasteiger partial charge in [0.2, 0.25) is 15.9 Å².